The summed E-state index contributed by atoms with van der Waals surface area (Å²) in [5, 5.41) is 13.5. The highest BCUT2D eigenvalue weighted by molar-refractivity contribution is 5.71. The van der Waals surface area contributed by atoms with Crippen LogP contribution in [0.15, 0.2) is 52.6 Å². The van der Waals surface area contributed by atoms with Gasteiger partial charge >= 0.3 is 0 Å². The van der Waals surface area contributed by atoms with Crippen LogP contribution in [0.25, 0.3) is 6.08 Å². The molecule has 0 amide bonds. The number of rotatable bonds is 8. The average Bonchev–Trinajstić information content (AvgIpc) is 2.95. The summed E-state index contributed by atoms with van der Waals surface area (Å²) in [5.41, 5.74) is 9.72. The molecule has 38 heavy (non-hydrogen) atoms. The van der Waals surface area contributed by atoms with E-state index < -0.39 is 5.92 Å². The van der Waals surface area contributed by atoms with Crippen molar-refractivity contribution < 1.29 is 33.2 Å². The number of hydrogen-bond acceptors (Lipinski definition) is 10. The van der Waals surface area contributed by atoms with Crippen molar-refractivity contribution in [3.05, 3.63) is 63.8 Å². The lowest BCUT2D eigenvalue weighted by atomic mass is 9.80. The Labute approximate surface area is 221 Å². The minimum atomic E-state index is -0.540. The van der Waals surface area contributed by atoms with Gasteiger partial charge in [0.1, 0.15) is 17.4 Å². The quantitative estimate of drug-likeness (QED) is 0.533. The lowest BCUT2D eigenvalue weighted by molar-refractivity contribution is 0.277. The van der Waals surface area contributed by atoms with E-state index in [4.69, 9.17) is 38.9 Å². The van der Waals surface area contributed by atoms with Crippen molar-refractivity contribution in [2.75, 3.05) is 55.7 Å². The smallest absolute Gasteiger partial charge is 0.205 e. The summed E-state index contributed by atoms with van der Waals surface area (Å²) in [4.78, 5) is 0. The Morgan fingerprint density at radius 1 is 0.842 bits per heavy atom. The number of ether oxygens (including phenoxy) is 7. The summed E-state index contributed by atoms with van der Waals surface area (Å²) in [6.07, 6.45) is 1.94. The molecule has 0 aromatic heterocycles. The molecule has 10 heteroatoms. The third-order valence-corrected chi connectivity index (χ3v) is 6.56. The second-order valence-corrected chi connectivity index (χ2v) is 8.40. The van der Waals surface area contributed by atoms with Crippen LogP contribution in [0.1, 0.15) is 17.0 Å². The highest BCUT2D eigenvalue weighted by Crippen LogP contribution is 2.50. The standard InChI is InChI=1S/C28H31N3O7/c1-32-20-9-7-15(24(34-3)26(20)36-5)11-16-13-31-14-19-22(18(12-29)28(30)38-23(16)19)17-8-10-21(33-2)27(37-6)25(17)35-4/h7-11,22,31H,13-14,30H2,1-6H3/b16-11+. The van der Waals surface area contributed by atoms with Gasteiger partial charge in [-0.3, -0.25) is 0 Å². The van der Waals surface area contributed by atoms with Gasteiger partial charge in [0.15, 0.2) is 23.0 Å². The summed E-state index contributed by atoms with van der Waals surface area (Å²) in [5.74, 6) is 2.99. The molecule has 0 spiro atoms. The van der Waals surface area contributed by atoms with Gasteiger partial charge in [-0.2, -0.15) is 5.26 Å². The second kappa shape index (κ2) is 11.3. The first-order chi connectivity index (χ1) is 18.5. The van der Waals surface area contributed by atoms with E-state index in [1.165, 1.54) is 7.11 Å². The summed E-state index contributed by atoms with van der Waals surface area (Å²) in [7, 11) is 9.32. The predicted octanol–water partition coefficient (Wildman–Crippen LogP) is 3.49. The highest BCUT2D eigenvalue weighted by atomic mass is 16.5. The molecule has 200 valence electrons. The molecule has 1 atom stereocenters. The summed E-state index contributed by atoms with van der Waals surface area (Å²) in [6, 6.07) is 9.54. The molecule has 2 aliphatic rings. The molecule has 10 nitrogen and oxygen atoms in total. The molecule has 1 unspecified atom stereocenters. The van der Waals surface area contributed by atoms with Crippen LogP contribution in [-0.2, 0) is 4.74 Å². The zero-order valence-corrected chi connectivity index (χ0v) is 22.3. The van der Waals surface area contributed by atoms with Crippen molar-refractivity contribution in [2.45, 2.75) is 5.92 Å². The van der Waals surface area contributed by atoms with Crippen molar-refractivity contribution in [1.82, 2.24) is 5.32 Å². The molecule has 2 aromatic rings. The van der Waals surface area contributed by atoms with Crippen LogP contribution in [0.5, 0.6) is 34.5 Å². The van der Waals surface area contributed by atoms with Crippen LogP contribution >= 0.6 is 0 Å². The molecule has 2 heterocycles. The molecule has 0 aliphatic carbocycles. The van der Waals surface area contributed by atoms with Gasteiger partial charge in [0, 0.05) is 29.8 Å². The van der Waals surface area contributed by atoms with Gasteiger partial charge < -0.3 is 44.2 Å². The SMILES string of the molecule is COc1ccc(/C=C2\CNCC3=C2OC(N)=C(C#N)C3c2ccc(OC)c(OC)c2OC)c(OC)c1OC. The first-order valence-electron chi connectivity index (χ1n) is 11.8. The molecule has 2 aliphatic heterocycles. The van der Waals surface area contributed by atoms with Gasteiger partial charge in [0.05, 0.1) is 48.6 Å². The number of hydrogen-bond donors (Lipinski definition) is 2. The maximum absolute atomic E-state index is 10.1. The van der Waals surface area contributed by atoms with Crippen molar-refractivity contribution in [2.24, 2.45) is 5.73 Å². The molecule has 0 saturated heterocycles. The van der Waals surface area contributed by atoms with E-state index in [0.717, 1.165) is 16.7 Å². The first kappa shape index (κ1) is 26.6. The Balaban J connectivity index is 1.92. The predicted molar refractivity (Wildman–Crippen MR) is 141 cm³/mol. The van der Waals surface area contributed by atoms with Crippen LogP contribution in [0.4, 0.5) is 0 Å². The number of allylic oxidation sites excluding steroid dienone is 1. The first-order valence-corrected chi connectivity index (χ1v) is 11.8. The van der Waals surface area contributed by atoms with Crippen molar-refractivity contribution in [3.63, 3.8) is 0 Å². The Hall–Kier alpha value is -4.49. The van der Waals surface area contributed by atoms with E-state index in [9.17, 15) is 5.26 Å². The number of methoxy groups -OCH3 is 6. The molecule has 0 fully saturated rings. The molecule has 2 aromatic carbocycles. The summed E-state index contributed by atoms with van der Waals surface area (Å²) < 4.78 is 39.5. The van der Waals surface area contributed by atoms with Crippen LogP contribution < -0.4 is 39.5 Å². The molecule has 4 rings (SSSR count). The topological polar surface area (TPSA) is 126 Å². The van der Waals surface area contributed by atoms with E-state index in [1.54, 1.807) is 47.7 Å². The average molecular weight is 522 g/mol. The third kappa shape index (κ3) is 4.41. The summed E-state index contributed by atoms with van der Waals surface area (Å²) in [6.45, 7) is 0.970. The monoisotopic (exact) mass is 521 g/mol. The van der Waals surface area contributed by atoms with Gasteiger partial charge in [0.25, 0.3) is 0 Å². The molecule has 0 saturated carbocycles. The van der Waals surface area contributed by atoms with E-state index in [-0.39, 0.29) is 11.5 Å². The largest absolute Gasteiger partial charge is 0.493 e. The fraction of sp³-hybridized carbons (Fsp3) is 0.321. The number of nitrogens with two attached hydrogens (primary N) is 1. The number of nitrogens with one attached hydrogen (secondary N) is 1. The fourth-order valence-corrected chi connectivity index (χ4v) is 4.90. The molecule has 3 N–H and O–H groups in total. The number of nitriles is 1. The second-order valence-electron chi connectivity index (χ2n) is 8.40. The van der Waals surface area contributed by atoms with Crippen LogP contribution in [0.3, 0.4) is 0 Å². The van der Waals surface area contributed by atoms with E-state index in [0.29, 0.717) is 58.9 Å². The third-order valence-electron chi connectivity index (χ3n) is 6.56. The van der Waals surface area contributed by atoms with Crippen molar-refractivity contribution in [3.8, 4) is 40.6 Å². The fourth-order valence-electron chi connectivity index (χ4n) is 4.90. The molecular formula is C28H31N3O7. The van der Waals surface area contributed by atoms with Gasteiger partial charge in [0.2, 0.25) is 17.4 Å². The zero-order chi connectivity index (χ0) is 27.4. The number of nitrogens with zero attached hydrogens (tertiary/aromatic N) is 1. The Morgan fingerprint density at radius 3 is 2.03 bits per heavy atom. The van der Waals surface area contributed by atoms with E-state index in [2.05, 4.69) is 11.4 Å². The Bertz CT molecular complexity index is 1370. The minimum Gasteiger partial charge on any atom is -0.493 e. The van der Waals surface area contributed by atoms with Crippen LogP contribution in [0, 0.1) is 11.3 Å². The lowest BCUT2D eigenvalue weighted by Crippen LogP contribution is -2.34. The number of benzene rings is 2. The zero-order valence-electron chi connectivity index (χ0n) is 22.3. The maximum Gasteiger partial charge on any atom is 0.205 e. The molecule has 0 radical (unpaired) electrons. The van der Waals surface area contributed by atoms with Gasteiger partial charge in [-0.15, -0.1) is 0 Å². The van der Waals surface area contributed by atoms with Crippen molar-refractivity contribution in [1.29, 1.82) is 5.26 Å². The minimum absolute atomic E-state index is 0.0279. The molecule has 0 bridgehead atoms. The normalized spacial score (nSPS) is 17.8. The van der Waals surface area contributed by atoms with Crippen LogP contribution in [-0.4, -0.2) is 55.7 Å². The van der Waals surface area contributed by atoms with E-state index in [1.807, 2.05) is 18.2 Å². The molecular weight excluding hydrogens is 490 g/mol. The highest BCUT2D eigenvalue weighted by Gasteiger charge is 2.38. The van der Waals surface area contributed by atoms with Crippen LogP contribution in [0.2, 0.25) is 0 Å². The Morgan fingerprint density at radius 2 is 1.45 bits per heavy atom. The van der Waals surface area contributed by atoms with Gasteiger partial charge in [-0.25, -0.2) is 0 Å². The van der Waals surface area contributed by atoms with Crippen molar-refractivity contribution >= 4 is 6.08 Å². The van der Waals surface area contributed by atoms with Gasteiger partial charge in [-0.05, 0) is 29.8 Å². The lowest BCUT2D eigenvalue weighted by Gasteiger charge is -2.34. The summed E-state index contributed by atoms with van der Waals surface area (Å²) >= 11 is 0. The Kier molecular flexibility index (Phi) is 7.88. The van der Waals surface area contributed by atoms with E-state index >= 15 is 0 Å². The van der Waals surface area contributed by atoms with Gasteiger partial charge in [-0.1, -0.05) is 6.07 Å². The maximum atomic E-state index is 10.1.